The normalized spacial score (nSPS) is 19.5. The summed E-state index contributed by atoms with van der Waals surface area (Å²) in [5, 5.41) is 3.39. The molecule has 0 aromatic carbocycles. The maximum Gasteiger partial charge on any atom is 0.243 e. The molecule has 1 aliphatic carbocycles. The average Bonchev–Trinajstić information content (AvgIpc) is 2.46. The minimum Gasteiger partial charge on any atom is -0.368 e. The number of amides is 1. The van der Waals surface area contributed by atoms with E-state index in [0.717, 1.165) is 31.9 Å². The number of nitrogens with one attached hydrogen (secondary N) is 1. The first-order valence-electron chi connectivity index (χ1n) is 7.28. The Kier molecular flexibility index (Phi) is 4.70. The summed E-state index contributed by atoms with van der Waals surface area (Å²) in [6.07, 6.45) is 7.26. The van der Waals surface area contributed by atoms with E-state index in [1.54, 1.807) is 6.07 Å². The first kappa shape index (κ1) is 14.9. The number of hydrogen-bond donors (Lipinski definition) is 2. The van der Waals surface area contributed by atoms with E-state index in [4.69, 9.17) is 5.73 Å². The second-order valence-electron chi connectivity index (χ2n) is 5.46. The van der Waals surface area contributed by atoms with E-state index in [-0.39, 0.29) is 6.04 Å². The van der Waals surface area contributed by atoms with Crippen LogP contribution in [-0.2, 0) is 10.3 Å². The summed E-state index contributed by atoms with van der Waals surface area (Å²) < 4.78 is 13.0. The first-order chi connectivity index (χ1) is 9.58. The number of nitrogens with two attached hydrogens (primary N) is 1. The van der Waals surface area contributed by atoms with Gasteiger partial charge in [0.2, 0.25) is 5.91 Å². The summed E-state index contributed by atoms with van der Waals surface area (Å²) in [5.74, 6) is -0.870. The number of pyridine rings is 1. The number of halogens is 1. The molecule has 2 rings (SSSR count). The average molecular weight is 279 g/mol. The molecule has 3 N–H and O–H groups in total. The molecule has 0 bridgehead atoms. The van der Waals surface area contributed by atoms with Crippen molar-refractivity contribution in [2.45, 2.75) is 57.0 Å². The van der Waals surface area contributed by atoms with Crippen LogP contribution < -0.4 is 11.1 Å². The smallest absolute Gasteiger partial charge is 0.243 e. The lowest BCUT2D eigenvalue weighted by Crippen LogP contribution is -2.56. The molecule has 1 atom stereocenters. The van der Waals surface area contributed by atoms with Gasteiger partial charge in [-0.15, -0.1) is 0 Å². The zero-order valence-electron chi connectivity index (χ0n) is 11.9. The van der Waals surface area contributed by atoms with Crippen LogP contribution in [0.3, 0.4) is 0 Å². The minimum atomic E-state index is -1.00. The summed E-state index contributed by atoms with van der Waals surface area (Å²) in [5.41, 5.74) is 5.13. The molecule has 1 fully saturated rings. The monoisotopic (exact) mass is 279 g/mol. The Balaban J connectivity index is 2.28. The summed E-state index contributed by atoms with van der Waals surface area (Å²) in [6, 6.07) is 3.13. The zero-order valence-corrected chi connectivity index (χ0v) is 11.9. The Hall–Kier alpha value is -1.49. The molecule has 1 heterocycles. The highest BCUT2D eigenvalue weighted by molar-refractivity contribution is 5.85. The molecule has 0 radical (unpaired) electrons. The van der Waals surface area contributed by atoms with Crippen molar-refractivity contribution in [2.24, 2.45) is 5.73 Å². The van der Waals surface area contributed by atoms with Gasteiger partial charge in [-0.1, -0.05) is 26.2 Å². The Bertz CT molecular complexity index is 457. The lowest BCUT2D eigenvalue weighted by Gasteiger charge is -2.36. The molecule has 110 valence electrons. The standard InChI is InChI=1S/C15H22FN3O/c1-2-15(14(17)20,13-9-8-11(16)10-18-13)19-12-6-4-3-5-7-12/h8-10,12,19H,2-7H2,1H3,(H2,17,20). The van der Waals surface area contributed by atoms with E-state index in [9.17, 15) is 9.18 Å². The summed E-state index contributed by atoms with van der Waals surface area (Å²) >= 11 is 0. The molecule has 1 aromatic heterocycles. The second kappa shape index (κ2) is 6.31. The van der Waals surface area contributed by atoms with Crippen molar-refractivity contribution in [3.8, 4) is 0 Å². The van der Waals surface area contributed by atoms with Crippen LogP contribution >= 0.6 is 0 Å². The molecular formula is C15H22FN3O. The number of nitrogens with zero attached hydrogens (tertiary/aromatic N) is 1. The van der Waals surface area contributed by atoms with E-state index in [1.165, 1.54) is 12.5 Å². The first-order valence-corrected chi connectivity index (χ1v) is 7.28. The summed E-state index contributed by atoms with van der Waals surface area (Å²) in [4.78, 5) is 16.1. The van der Waals surface area contributed by atoms with Crippen molar-refractivity contribution in [1.29, 1.82) is 0 Å². The summed E-state index contributed by atoms with van der Waals surface area (Å²) in [7, 11) is 0. The third-order valence-corrected chi connectivity index (χ3v) is 4.17. The van der Waals surface area contributed by atoms with Gasteiger partial charge in [0.05, 0.1) is 11.9 Å². The van der Waals surface area contributed by atoms with Crippen LogP contribution in [0.15, 0.2) is 18.3 Å². The molecule has 0 saturated heterocycles. The van der Waals surface area contributed by atoms with Crippen molar-refractivity contribution in [3.63, 3.8) is 0 Å². The molecule has 1 saturated carbocycles. The van der Waals surface area contributed by atoms with E-state index in [2.05, 4.69) is 10.3 Å². The second-order valence-corrected chi connectivity index (χ2v) is 5.46. The van der Waals surface area contributed by atoms with Gasteiger partial charge in [-0.05, 0) is 31.4 Å². The maximum absolute atomic E-state index is 13.0. The van der Waals surface area contributed by atoms with Gasteiger partial charge in [0.15, 0.2) is 0 Å². The van der Waals surface area contributed by atoms with Gasteiger partial charge in [0.25, 0.3) is 0 Å². The molecule has 1 aromatic rings. The molecule has 0 spiro atoms. The molecule has 1 unspecified atom stereocenters. The van der Waals surface area contributed by atoms with Gasteiger partial charge in [-0.3, -0.25) is 15.1 Å². The van der Waals surface area contributed by atoms with Crippen LogP contribution in [0.1, 0.15) is 51.1 Å². The summed E-state index contributed by atoms with van der Waals surface area (Å²) in [6.45, 7) is 1.89. The molecule has 4 nitrogen and oxygen atoms in total. The van der Waals surface area contributed by atoms with Gasteiger partial charge in [0.1, 0.15) is 11.4 Å². The third-order valence-electron chi connectivity index (χ3n) is 4.17. The fourth-order valence-corrected chi connectivity index (χ4v) is 2.95. The van der Waals surface area contributed by atoms with Crippen LogP contribution in [0.5, 0.6) is 0 Å². The maximum atomic E-state index is 13.0. The van der Waals surface area contributed by atoms with Gasteiger partial charge < -0.3 is 5.73 Å². The quantitative estimate of drug-likeness (QED) is 0.868. The lowest BCUT2D eigenvalue weighted by atomic mass is 9.86. The Morgan fingerprint density at radius 3 is 2.65 bits per heavy atom. The van der Waals surface area contributed by atoms with Crippen molar-refractivity contribution < 1.29 is 9.18 Å². The van der Waals surface area contributed by atoms with Crippen molar-refractivity contribution in [3.05, 3.63) is 29.8 Å². The third kappa shape index (κ3) is 2.98. The van der Waals surface area contributed by atoms with Crippen LogP contribution in [0.25, 0.3) is 0 Å². The Morgan fingerprint density at radius 1 is 1.45 bits per heavy atom. The fourth-order valence-electron chi connectivity index (χ4n) is 2.95. The SMILES string of the molecule is CCC(NC1CCCCC1)(C(N)=O)c1ccc(F)cn1. The van der Waals surface area contributed by atoms with E-state index in [1.807, 2.05) is 6.92 Å². The predicted molar refractivity (Wildman–Crippen MR) is 75.4 cm³/mol. The van der Waals surface area contributed by atoms with Crippen molar-refractivity contribution in [1.82, 2.24) is 10.3 Å². The van der Waals surface area contributed by atoms with Crippen LogP contribution in [0.4, 0.5) is 4.39 Å². The Morgan fingerprint density at radius 2 is 2.15 bits per heavy atom. The zero-order chi connectivity index (χ0) is 14.6. The number of carbonyl (C=O) groups excluding carboxylic acids is 1. The van der Waals surface area contributed by atoms with Crippen LogP contribution in [-0.4, -0.2) is 16.9 Å². The molecular weight excluding hydrogens is 257 g/mol. The highest BCUT2D eigenvalue weighted by Gasteiger charge is 2.40. The number of rotatable bonds is 5. The molecule has 5 heteroatoms. The van der Waals surface area contributed by atoms with Gasteiger partial charge >= 0.3 is 0 Å². The van der Waals surface area contributed by atoms with Crippen LogP contribution in [0.2, 0.25) is 0 Å². The van der Waals surface area contributed by atoms with E-state index >= 15 is 0 Å². The fraction of sp³-hybridized carbons (Fsp3) is 0.600. The van der Waals surface area contributed by atoms with Gasteiger partial charge in [-0.2, -0.15) is 0 Å². The molecule has 1 aliphatic rings. The van der Waals surface area contributed by atoms with Crippen molar-refractivity contribution in [2.75, 3.05) is 0 Å². The number of hydrogen-bond acceptors (Lipinski definition) is 3. The number of carbonyl (C=O) groups is 1. The van der Waals surface area contributed by atoms with E-state index in [0.29, 0.717) is 12.1 Å². The van der Waals surface area contributed by atoms with Gasteiger partial charge in [-0.25, -0.2) is 4.39 Å². The largest absolute Gasteiger partial charge is 0.368 e. The minimum absolute atomic E-state index is 0.267. The Labute approximate surface area is 119 Å². The predicted octanol–water partition coefficient (Wildman–Crippen LogP) is 2.23. The number of primary amides is 1. The topological polar surface area (TPSA) is 68.0 Å². The lowest BCUT2D eigenvalue weighted by molar-refractivity contribution is -0.125. The van der Waals surface area contributed by atoms with Crippen LogP contribution in [0, 0.1) is 5.82 Å². The molecule has 20 heavy (non-hydrogen) atoms. The van der Waals surface area contributed by atoms with E-state index < -0.39 is 17.3 Å². The molecule has 1 amide bonds. The highest BCUT2D eigenvalue weighted by atomic mass is 19.1. The number of aromatic nitrogens is 1. The van der Waals surface area contributed by atoms with Gasteiger partial charge in [0, 0.05) is 6.04 Å². The highest BCUT2D eigenvalue weighted by Crippen LogP contribution is 2.27. The van der Waals surface area contributed by atoms with Crippen molar-refractivity contribution >= 4 is 5.91 Å². The molecule has 0 aliphatic heterocycles.